The van der Waals surface area contributed by atoms with Crippen LogP contribution >= 0.6 is 23.6 Å². The number of H-pyrrole nitrogens is 1. The van der Waals surface area contributed by atoms with E-state index in [0.717, 1.165) is 25.8 Å². The molecular weight excluding hydrogens is 190 g/mol. The Bertz CT molecular complexity index is 441. The van der Waals surface area contributed by atoms with Gasteiger partial charge >= 0.3 is 0 Å². The SMILES string of the molecule is Cc1nc2[nH]c(=S)sc2nc1C. The Morgan fingerprint density at radius 3 is 2.67 bits per heavy atom. The van der Waals surface area contributed by atoms with Crippen molar-refractivity contribution in [2.75, 3.05) is 0 Å². The number of hydrogen-bond acceptors (Lipinski definition) is 4. The van der Waals surface area contributed by atoms with Gasteiger partial charge in [0.05, 0.1) is 11.4 Å². The highest BCUT2D eigenvalue weighted by molar-refractivity contribution is 7.73. The van der Waals surface area contributed by atoms with Crippen LogP contribution in [0, 0.1) is 17.8 Å². The van der Waals surface area contributed by atoms with Crippen LogP contribution in [0.2, 0.25) is 0 Å². The van der Waals surface area contributed by atoms with E-state index in [2.05, 4.69) is 15.0 Å². The summed E-state index contributed by atoms with van der Waals surface area (Å²) in [6, 6.07) is 0. The van der Waals surface area contributed by atoms with E-state index in [1.807, 2.05) is 13.8 Å². The van der Waals surface area contributed by atoms with Crippen LogP contribution in [0.1, 0.15) is 11.4 Å². The van der Waals surface area contributed by atoms with Gasteiger partial charge in [0.15, 0.2) is 14.4 Å². The number of nitrogens with zero attached hydrogens (tertiary/aromatic N) is 2. The molecule has 5 heteroatoms. The predicted octanol–water partition coefficient (Wildman–Crippen LogP) is 2.37. The second kappa shape index (κ2) is 2.60. The molecule has 2 aromatic rings. The van der Waals surface area contributed by atoms with E-state index in [9.17, 15) is 0 Å². The molecule has 0 fully saturated rings. The Hall–Kier alpha value is -0.810. The van der Waals surface area contributed by atoms with E-state index >= 15 is 0 Å². The van der Waals surface area contributed by atoms with Crippen LogP contribution in [-0.4, -0.2) is 15.0 Å². The van der Waals surface area contributed by atoms with Gasteiger partial charge in [0, 0.05) is 0 Å². The number of nitrogens with one attached hydrogen (secondary N) is 1. The number of aromatic amines is 1. The van der Waals surface area contributed by atoms with Crippen molar-refractivity contribution >= 4 is 34.0 Å². The number of aryl methyl sites for hydroxylation is 2. The summed E-state index contributed by atoms with van der Waals surface area (Å²) in [6.07, 6.45) is 0. The Labute approximate surface area is 78.5 Å². The van der Waals surface area contributed by atoms with Crippen LogP contribution in [0.5, 0.6) is 0 Å². The zero-order valence-electron chi connectivity index (χ0n) is 6.71. The number of thiazole rings is 1. The first-order valence-electron chi connectivity index (χ1n) is 3.51. The van der Waals surface area contributed by atoms with Crippen molar-refractivity contribution in [1.29, 1.82) is 0 Å². The summed E-state index contributed by atoms with van der Waals surface area (Å²) in [7, 11) is 0. The molecule has 2 rings (SSSR count). The van der Waals surface area contributed by atoms with Gasteiger partial charge in [-0.25, -0.2) is 9.97 Å². The average Bonchev–Trinajstić information content (AvgIpc) is 2.30. The fraction of sp³-hybridized carbons (Fsp3) is 0.286. The first-order valence-corrected chi connectivity index (χ1v) is 4.73. The molecule has 0 atom stereocenters. The predicted molar refractivity (Wildman–Crippen MR) is 52.1 cm³/mol. The molecule has 0 unspecified atom stereocenters. The molecule has 0 saturated heterocycles. The van der Waals surface area contributed by atoms with Crippen molar-refractivity contribution in [1.82, 2.24) is 15.0 Å². The van der Waals surface area contributed by atoms with E-state index in [1.165, 1.54) is 11.3 Å². The van der Waals surface area contributed by atoms with Crippen LogP contribution in [0.15, 0.2) is 0 Å². The van der Waals surface area contributed by atoms with Gasteiger partial charge in [0.1, 0.15) is 0 Å². The highest BCUT2D eigenvalue weighted by Crippen LogP contribution is 2.16. The summed E-state index contributed by atoms with van der Waals surface area (Å²) in [4.78, 5) is 12.6. The van der Waals surface area contributed by atoms with E-state index in [4.69, 9.17) is 12.2 Å². The maximum Gasteiger partial charge on any atom is 0.168 e. The lowest BCUT2D eigenvalue weighted by molar-refractivity contribution is 1.09. The van der Waals surface area contributed by atoms with Gasteiger partial charge in [-0.1, -0.05) is 11.3 Å². The van der Waals surface area contributed by atoms with Gasteiger partial charge in [-0.05, 0) is 26.1 Å². The molecule has 0 aromatic carbocycles. The highest BCUT2D eigenvalue weighted by atomic mass is 32.1. The molecule has 0 aliphatic rings. The summed E-state index contributed by atoms with van der Waals surface area (Å²) < 4.78 is 0.731. The van der Waals surface area contributed by atoms with E-state index in [0.29, 0.717) is 0 Å². The van der Waals surface area contributed by atoms with Crippen LogP contribution in [0.25, 0.3) is 10.5 Å². The summed E-state index contributed by atoms with van der Waals surface area (Å²) in [5, 5.41) is 0. The molecule has 3 nitrogen and oxygen atoms in total. The standard InChI is InChI=1S/C7H7N3S2/c1-3-4(2)9-6-5(8-3)10-7(11)12-6/h1-2H3,(H,8,10,11). The number of hydrogen-bond donors (Lipinski definition) is 1. The van der Waals surface area contributed by atoms with Gasteiger partial charge < -0.3 is 4.98 Å². The summed E-state index contributed by atoms with van der Waals surface area (Å²) in [6.45, 7) is 3.89. The van der Waals surface area contributed by atoms with Gasteiger partial charge in [0.2, 0.25) is 0 Å². The molecule has 2 aromatic heterocycles. The molecule has 1 N–H and O–H groups in total. The summed E-state index contributed by atoms with van der Waals surface area (Å²) in [5.41, 5.74) is 2.72. The topological polar surface area (TPSA) is 41.6 Å². The largest absolute Gasteiger partial charge is 0.320 e. The van der Waals surface area contributed by atoms with Gasteiger partial charge in [-0.15, -0.1) is 0 Å². The molecule has 0 spiro atoms. The maximum atomic E-state index is 4.98. The van der Waals surface area contributed by atoms with Crippen LogP contribution < -0.4 is 0 Å². The molecule has 0 aliphatic carbocycles. The van der Waals surface area contributed by atoms with Gasteiger partial charge in [-0.3, -0.25) is 0 Å². The molecule has 0 amide bonds. The lowest BCUT2D eigenvalue weighted by Crippen LogP contribution is -1.90. The van der Waals surface area contributed by atoms with Gasteiger partial charge in [-0.2, -0.15) is 0 Å². The summed E-state index contributed by atoms with van der Waals surface area (Å²) >= 11 is 6.44. The third-order valence-corrected chi connectivity index (χ3v) is 2.80. The molecule has 0 aliphatic heterocycles. The normalized spacial score (nSPS) is 10.8. The molecular formula is C7H7N3S2. The van der Waals surface area contributed by atoms with E-state index in [1.54, 1.807) is 0 Å². The molecule has 2 heterocycles. The minimum atomic E-state index is 0.731. The van der Waals surface area contributed by atoms with Crippen molar-refractivity contribution in [3.8, 4) is 0 Å². The Morgan fingerprint density at radius 2 is 1.92 bits per heavy atom. The summed E-state index contributed by atoms with van der Waals surface area (Å²) in [5.74, 6) is 0. The zero-order valence-corrected chi connectivity index (χ0v) is 8.34. The first-order chi connectivity index (χ1) is 5.66. The van der Waals surface area contributed by atoms with Crippen molar-refractivity contribution in [3.63, 3.8) is 0 Å². The maximum absolute atomic E-state index is 4.98. The lowest BCUT2D eigenvalue weighted by Gasteiger charge is -1.95. The van der Waals surface area contributed by atoms with Crippen LogP contribution in [0.3, 0.4) is 0 Å². The van der Waals surface area contributed by atoms with Crippen LogP contribution in [0.4, 0.5) is 0 Å². The zero-order chi connectivity index (χ0) is 8.72. The monoisotopic (exact) mass is 197 g/mol. The minimum absolute atomic E-state index is 0.731. The molecule has 62 valence electrons. The average molecular weight is 197 g/mol. The fourth-order valence-corrected chi connectivity index (χ4v) is 1.98. The highest BCUT2D eigenvalue weighted by Gasteiger charge is 2.02. The third kappa shape index (κ3) is 1.15. The van der Waals surface area contributed by atoms with Crippen molar-refractivity contribution < 1.29 is 0 Å². The van der Waals surface area contributed by atoms with E-state index < -0.39 is 0 Å². The third-order valence-electron chi connectivity index (χ3n) is 1.68. The van der Waals surface area contributed by atoms with Crippen molar-refractivity contribution in [2.24, 2.45) is 0 Å². The second-order valence-electron chi connectivity index (χ2n) is 2.56. The number of fused-ring (bicyclic) bond motifs is 1. The number of aromatic nitrogens is 3. The quantitative estimate of drug-likeness (QED) is 0.659. The molecule has 12 heavy (non-hydrogen) atoms. The Balaban J connectivity index is 2.92. The van der Waals surface area contributed by atoms with Gasteiger partial charge in [0.25, 0.3) is 0 Å². The van der Waals surface area contributed by atoms with E-state index in [-0.39, 0.29) is 0 Å². The molecule has 0 radical (unpaired) electrons. The van der Waals surface area contributed by atoms with Crippen LogP contribution in [-0.2, 0) is 0 Å². The van der Waals surface area contributed by atoms with Crippen molar-refractivity contribution in [3.05, 3.63) is 15.3 Å². The number of rotatable bonds is 0. The second-order valence-corrected chi connectivity index (χ2v) is 4.23. The molecule has 0 saturated carbocycles. The smallest absolute Gasteiger partial charge is 0.168 e. The minimum Gasteiger partial charge on any atom is -0.320 e. The first kappa shape index (κ1) is 7.82. The van der Waals surface area contributed by atoms with Crippen molar-refractivity contribution in [2.45, 2.75) is 13.8 Å². The molecule has 0 bridgehead atoms. The Kier molecular flexibility index (Phi) is 1.69. The fourth-order valence-electron chi connectivity index (χ4n) is 0.945. The lowest BCUT2D eigenvalue weighted by atomic mass is 10.4. The Morgan fingerprint density at radius 1 is 1.25 bits per heavy atom.